The van der Waals surface area contributed by atoms with Crippen molar-refractivity contribution in [2.24, 2.45) is 18.9 Å². The van der Waals surface area contributed by atoms with Crippen LogP contribution >= 0.6 is 0 Å². The Morgan fingerprint density at radius 2 is 1.78 bits per heavy atom. The van der Waals surface area contributed by atoms with Crippen LogP contribution in [0.15, 0.2) is 48.7 Å². The molecule has 3 saturated heterocycles. The Morgan fingerprint density at radius 1 is 0.969 bits per heavy atom. The summed E-state index contributed by atoms with van der Waals surface area (Å²) in [5, 5.41) is 9.65. The minimum Gasteiger partial charge on any atom is -0.477 e. The fourth-order valence-corrected chi connectivity index (χ4v) is 9.79. The molecule has 4 aliphatic heterocycles. The Labute approximate surface area is 374 Å². The van der Waals surface area contributed by atoms with E-state index in [0.29, 0.717) is 86.6 Å². The molecule has 0 aliphatic carbocycles. The van der Waals surface area contributed by atoms with Crippen molar-refractivity contribution in [3.8, 4) is 17.1 Å². The summed E-state index contributed by atoms with van der Waals surface area (Å²) in [6.07, 6.45) is 3.89. The number of fused-ring (bicyclic) bond motifs is 7. The molecule has 2 aromatic carbocycles. The zero-order valence-electron chi connectivity index (χ0n) is 36.6. The molecule has 3 fully saturated rings. The topological polar surface area (TPSA) is 164 Å². The number of nitrogens with one attached hydrogen (secondary N) is 2. The molecule has 7 heterocycles. The number of halogens is 2. The number of carbonyl (C=O) groups is 4. The van der Waals surface area contributed by atoms with Gasteiger partial charge in [-0.05, 0) is 80.5 Å². The number of anilines is 2. The number of nitrogens with zero attached hydrogens (tertiary/aromatic N) is 9. The van der Waals surface area contributed by atoms with E-state index in [4.69, 9.17) is 21.3 Å². The lowest BCUT2D eigenvalue weighted by atomic mass is 9.89. The molecule has 0 saturated carbocycles. The molecule has 16 nitrogen and oxygen atoms in total. The lowest BCUT2D eigenvalue weighted by Gasteiger charge is -2.40. The van der Waals surface area contributed by atoms with Crippen LogP contribution in [0.4, 0.5) is 20.4 Å². The average Bonchev–Trinajstić information content (AvgIpc) is 4.00. The van der Waals surface area contributed by atoms with Crippen LogP contribution < -0.4 is 20.3 Å². The molecule has 0 unspecified atom stereocenters. The number of pyridine rings is 1. The third-order valence-corrected chi connectivity index (χ3v) is 13.1. The van der Waals surface area contributed by atoms with Crippen molar-refractivity contribution in [1.29, 1.82) is 0 Å². The van der Waals surface area contributed by atoms with Gasteiger partial charge in [-0.25, -0.2) is 25.0 Å². The molecule has 0 radical (unpaired) electrons. The second-order valence-electron chi connectivity index (χ2n) is 17.8. The first kappa shape index (κ1) is 43.5. The van der Waals surface area contributed by atoms with Gasteiger partial charge in [0.25, 0.3) is 5.91 Å². The highest BCUT2D eigenvalue weighted by atomic mass is 19.1. The lowest BCUT2D eigenvalue weighted by molar-refractivity contribution is -0.139. The van der Waals surface area contributed by atoms with Crippen molar-refractivity contribution in [3.63, 3.8) is 0 Å². The molecule has 9 rings (SSSR count). The Balaban J connectivity index is 0.888. The van der Waals surface area contributed by atoms with Crippen LogP contribution in [-0.4, -0.2) is 110 Å². The Hall–Kier alpha value is -6.74. The lowest BCUT2D eigenvalue weighted by Crippen LogP contribution is -2.57. The van der Waals surface area contributed by atoms with E-state index in [1.807, 2.05) is 26.1 Å². The molecule has 0 spiro atoms. The number of hydrogen-bond acceptors (Lipinski definition) is 10. The van der Waals surface area contributed by atoms with Crippen molar-refractivity contribution in [2.45, 2.75) is 71.0 Å². The van der Waals surface area contributed by atoms with Crippen molar-refractivity contribution in [3.05, 3.63) is 94.1 Å². The fraction of sp³-hybridized carbons (Fsp3) is 0.447. The minimum absolute atomic E-state index is 0.00173. The smallest absolute Gasteiger partial charge is 0.258 e. The Bertz CT molecular complexity index is 2720. The number of imide groups is 1. The first-order chi connectivity index (χ1) is 31.3. The monoisotopic (exact) mass is 887 g/mol. The first-order valence-corrected chi connectivity index (χ1v) is 22.2. The summed E-state index contributed by atoms with van der Waals surface area (Å²) in [6.45, 7) is 15.8. The maximum absolute atomic E-state index is 15.4. The van der Waals surface area contributed by atoms with Crippen LogP contribution in [-0.2, 0) is 34.5 Å². The van der Waals surface area contributed by atoms with Crippen molar-refractivity contribution >= 4 is 46.3 Å². The van der Waals surface area contributed by atoms with E-state index in [0.717, 1.165) is 29.4 Å². The number of aromatic nitrogens is 5. The number of piperidine rings is 1. The SMILES string of the molecule is [C-]#[N+]C[C@H]1CN(Cc2ccc3nc4n(c3c2)C[C@H](C)CCCOc2c(cnn2C)-c2cc(cc(C)n2)C(=O)N4)CCN1C(=O)[C@@H]1CCN(c2cc(F)c([C@H]3CCC(=O)NC3=O)c(F)c2)C1. The zero-order chi connectivity index (χ0) is 45.5. The van der Waals surface area contributed by atoms with Gasteiger partial charge in [0.15, 0.2) is 0 Å². The second kappa shape index (κ2) is 18.0. The largest absolute Gasteiger partial charge is 0.477 e. The summed E-state index contributed by atoms with van der Waals surface area (Å²) in [5.41, 5.74) is 5.01. The van der Waals surface area contributed by atoms with Gasteiger partial charge in [-0.3, -0.25) is 39.7 Å². The molecule has 338 valence electrons. The number of rotatable bonds is 6. The van der Waals surface area contributed by atoms with Gasteiger partial charge in [0.1, 0.15) is 17.7 Å². The highest BCUT2D eigenvalue weighted by Gasteiger charge is 2.39. The van der Waals surface area contributed by atoms with Gasteiger partial charge < -0.3 is 23.9 Å². The van der Waals surface area contributed by atoms with Crippen LogP contribution in [0, 0.1) is 37.0 Å². The van der Waals surface area contributed by atoms with E-state index in [2.05, 4.69) is 43.0 Å². The standard InChI is InChI=1S/C47H51F2N11O5/c1-27-6-5-15-65-46-35(22-51-56(46)4)39-18-31(16-28(2)52-39)43(62)55-47-53-38-9-7-29(17-40(38)60(47)23-27)24-57-13-14-59(33(26-57)21-50-3)45(64)30-11-12-58(25-30)32-19-36(48)42(37(49)20-32)34-8-10-41(61)54-44(34)63/h7,9,16-20,22,27,30,33-34H,5-6,8,10-15,21,23-26H2,1-2,4H3,(H,53,55,62)(H,54,61,63)/t27-,30-,33+,34-/m1/s1. The molecule has 4 aliphatic rings. The predicted molar refractivity (Wildman–Crippen MR) is 237 cm³/mol. The normalized spacial score (nSPS) is 22.0. The summed E-state index contributed by atoms with van der Waals surface area (Å²) >= 11 is 0. The fourth-order valence-electron chi connectivity index (χ4n) is 9.79. The molecular formula is C47H51F2N11O5. The summed E-state index contributed by atoms with van der Waals surface area (Å²) in [7, 11) is 1.82. The molecule has 2 bridgehead atoms. The van der Waals surface area contributed by atoms with Crippen LogP contribution in [0.3, 0.4) is 0 Å². The number of amides is 4. The van der Waals surface area contributed by atoms with Gasteiger partial charge in [0.05, 0.1) is 46.9 Å². The van der Waals surface area contributed by atoms with E-state index in [1.54, 1.807) is 32.8 Å². The molecule has 5 aromatic rings. The van der Waals surface area contributed by atoms with Gasteiger partial charge in [-0.2, -0.15) is 5.10 Å². The summed E-state index contributed by atoms with van der Waals surface area (Å²) in [6, 6.07) is 11.6. The van der Waals surface area contributed by atoms with Gasteiger partial charge in [-0.1, -0.05) is 13.0 Å². The number of carbonyl (C=O) groups excluding carboxylic acids is 4. The van der Waals surface area contributed by atoms with E-state index in [9.17, 15) is 19.2 Å². The quantitative estimate of drug-likeness (QED) is 0.165. The van der Waals surface area contributed by atoms with Crippen molar-refractivity contribution < 1.29 is 32.7 Å². The van der Waals surface area contributed by atoms with Crippen LogP contribution in [0.1, 0.15) is 72.1 Å². The average molecular weight is 888 g/mol. The number of benzene rings is 2. The number of ether oxygens (including phenoxy) is 1. The zero-order valence-corrected chi connectivity index (χ0v) is 36.6. The van der Waals surface area contributed by atoms with E-state index in [1.165, 1.54) is 12.1 Å². The number of aryl methyl sites for hydroxylation is 2. The highest BCUT2D eigenvalue weighted by molar-refractivity contribution is 6.05. The predicted octanol–water partition coefficient (Wildman–Crippen LogP) is 5.46. The van der Waals surface area contributed by atoms with Gasteiger partial charge in [-0.15, -0.1) is 0 Å². The number of imidazole rings is 1. The third kappa shape index (κ3) is 8.89. The van der Waals surface area contributed by atoms with Crippen LogP contribution in [0.5, 0.6) is 5.88 Å². The maximum Gasteiger partial charge on any atom is 0.258 e. The molecule has 65 heavy (non-hydrogen) atoms. The molecule has 4 atom stereocenters. The number of hydrogen-bond donors (Lipinski definition) is 2. The minimum atomic E-state index is -1.09. The highest BCUT2D eigenvalue weighted by Crippen LogP contribution is 2.35. The second-order valence-corrected chi connectivity index (χ2v) is 17.8. The van der Waals surface area contributed by atoms with Crippen LogP contribution in [0.25, 0.3) is 27.1 Å². The Kier molecular flexibility index (Phi) is 12.1. The number of piperazine rings is 1. The molecule has 4 amide bonds. The summed E-state index contributed by atoms with van der Waals surface area (Å²) in [5.74, 6) is -3.54. The third-order valence-electron chi connectivity index (χ3n) is 13.1. The first-order valence-electron chi connectivity index (χ1n) is 22.2. The van der Waals surface area contributed by atoms with E-state index < -0.39 is 35.3 Å². The van der Waals surface area contributed by atoms with E-state index >= 15 is 8.78 Å². The van der Waals surface area contributed by atoms with Gasteiger partial charge in [0.2, 0.25) is 36.1 Å². The van der Waals surface area contributed by atoms with Crippen molar-refractivity contribution in [2.75, 3.05) is 56.1 Å². The molecule has 2 N–H and O–H groups in total. The van der Waals surface area contributed by atoms with Crippen molar-refractivity contribution in [1.82, 2.24) is 39.4 Å². The summed E-state index contributed by atoms with van der Waals surface area (Å²) in [4.78, 5) is 71.1. The summed E-state index contributed by atoms with van der Waals surface area (Å²) < 4.78 is 40.8. The van der Waals surface area contributed by atoms with Gasteiger partial charge >= 0.3 is 0 Å². The maximum atomic E-state index is 15.4. The molecular weight excluding hydrogens is 837 g/mol. The van der Waals surface area contributed by atoms with Gasteiger partial charge in [0, 0.05) is 81.8 Å². The van der Waals surface area contributed by atoms with E-state index in [-0.39, 0.29) is 61.0 Å². The molecule has 18 heteroatoms. The Morgan fingerprint density at radius 3 is 2.57 bits per heavy atom. The van der Waals surface area contributed by atoms with Crippen LogP contribution in [0.2, 0.25) is 0 Å². The molecule has 3 aromatic heterocycles.